The Hall–Kier alpha value is -0.270. The zero-order valence-electron chi connectivity index (χ0n) is 12.9. The molecule has 0 aliphatic carbocycles. The van der Waals surface area contributed by atoms with Gasteiger partial charge in [0.25, 0.3) is 0 Å². The van der Waals surface area contributed by atoms with Crippen LogP contribution in [0.1, 0.15) is 51.9 Å². The van der Waals surface area contributed by atoms with Crippen molar-refractivity contribution in [2.75, 3.05) is 30.1 Å². The first-order valence-corrected chi connectivity index (χ1v) is 9.80. The Morgan fingerprint density at radius 3 is 2.20 bits per heavy atom. The molecular weight excluding hydrogens is 288 g/mol. The maximum atomic E-state index is 10.8. The zero-order chi connectivity index (χ0) is 14.9. The summed E-state index contributed by atoms with van der Waals surface area (Å²) >= 11 is 3.43. The first-order chi connectivity index (χ1) is 9.81. The summed E-state index contributed by atoms with van der Waals surface area (Å²) in [4.78, 5) is 10.8. The van der Waals surface area contributed by atoms with Crippen molar-refractivity contribution in [3.8, 4) is 11.8 Å². The van der Waals surface area contributed by atoms with Crippen LogP contribution in [0.5, 0.6) is 0 Å². The van der Waals surface area contributed by atoms with Crippen LogP contribution in [0.4, 0.5) is 0 Å². The standard InChI is InChI=1S/C16H28O2S2/c1-3-4-5-6-7-8-9-12-19-13-10-11-14-20-15-16(17)18-2/h3-9,12-15H2,1-2H3. The number of hydrogen-bond acceptors (Lipinski definition) is 4. The average Bonchev–Trinajstić information content (AvgIpc) is 2.47. The summed E-state index contributed by atoms with van der Waals surface area (Å²) in [5.41, 5.74) is 0. The predicted molar refractivity (Wildman–Crippen MR) is 92.4 cm³/mol. The van der Waals surface area contributed by atoms with E-state index < -0.39 is 0 Å². The van der Waals surface area contributed by atoms with Crippen molar-refractivity contribution >= 4 is 29.5 Å². The van der Waals surface area contributed by atoms with Crippen molar-refractivity contribution in [2.24, 2.45) is 0 Å². The third-order valence-electron chi connectivity index (χ3n) is 2.81. The summed E-state index contributed by atoms with van der Waals surface area (Å²) in [7, 11) is 1.41. The number of carbonyl (C=O) groups is 1. The van der Waals surface area contributed by atoms with Crippen molar-refractivity contribution in [1.29, 1.82) is 0 Å². The Morgan fingerprint density at radius 2 is 1.55 bits per heavy atom. The number of ether oxygens (including phenoxy) is 1. The van der Waals surface area contributed by atoms with Gasteiger partial charge in [-0.2, -0.15) is 0 Å². The SMILES string of the molecule is CCCCCCCCCSCC#CCSCC(=O)OC. The fourth-order valence-electron chi connectivity index (χ4n) is 1.63. The van der Waals surface area contributed by atoms with E-state index >= 15 is 0 Å². The third kappa shape index (κ3) is 15.8. The highest BCUT2D eigenvalue weighted by atomic mass is 32.2. The van der Waals surface area contributed by atoms with Crippen LogP contribution in [0.2, 0.25) is 0 Å². The van der Waals surface area contributed by atoms with Gasteiger partial charge in [0.1, 0.15) is 0 Å². The number of hydrogen-bond donors (Lipinski definition) is 0. The number of thioether (sulfide) groups is 2. The second kappa shape index (κ2) is 16.8. The van der Waals surface area contributed by atoms with Crippen LogP contribution < -0.4 is 0 Å². The van der Waals surface area contributed by atoms with Gasteiger partial charge in [0.15, 0.2) is 0 Å². The lowest BCUT2D eigenvalue weighted by atomic mass is 10.1. The second-order valence-corrected chi connectivity index (χ2v) is 6.69. The van der Waals surface area contributed by atoms with Crippen LogP contribution in [0.15, 0.2) is 0 Å². The fraction of sp³-hybridized carbons (Fsp3) is 0.812. The van der Waals surface area contributed by atoms with Crippen LogP contribution in [0, 0.1) is 11.8 Å². The van der Waals surface area contributed by atoms with E-state index in [1.165, 1.54) is 69.6 Å². The second-order valence-electron chi connectivity index (χ2n) is 4.60. The molecule has 0 saturated heterocycles. The summed E-state index contributed by atoms with van der Waals surface area (Å²) in [6, 6.07) is 0. The van der Waals surface area contributed by atoms with Crippen molar-refractivity contribution in [3.05, 3.63) is 0 Å². The van der Waals surface area contributed by atoms with E-state index in [1.807, 2.05) is 11.8 Å². The van der Waals surface area contributed by atoms with Gasteiger partial charge in [-0.25, -0.2) is 0 Å². The number of carbonyl (C=O) groups excluding carboxylic acids is 1. The van der Waals surface area contributed by atoms with Crippen molar-refractivity contribution in [3.63, 3.8) is 0 Å². The summed E-state index contributed by atoms with van der Waals surface area (Å²) in [5, 5.41) is 0. The van der Waals surface area contributed by atoms with Gasteiger partial charge in [0.05, 0.1) is 24.4 Å². The first kappa shape index (κ1) is 19.7. The van der Waals surface area contributed by atoms with Gasteiger partial charge in [0, 0.05) is 0 Å². The molecule has 2 nitrogen and oxygen atoms in total. The van der Waals surface area contributed by atoms with Gasteiger partial charge in [-0.3, -0.25) is 4.79 Å². The van der Waals surface area contributed by atoms with E-state index in [4.69, 9.17) is 0 Å². The molecule has 0 fully saturated rings. The minimum Gasteiger partial charge on any atom is -0.468 e. The minimum atomic E-state index is -0.176. The summed E-state index contributed by atoms with van der Waals surface area (Å²) in [6.07, 6.45) is 9.57. The normalized spacial score (nSPS) is 9.90. The minimum absolute atomic E-state index is 0.176. The molecule has 116 valence electrons. The topological polar surface area (TPSA) is 26.3 Å². The number of unbranched alkanes of at least 4 members (excludes halogenated alkanes) is 6. The van der Waals surface area contributed by atoms with E-state index in [0.29, 0.717) is 11.5 Å². The van der Waals surface area contributed by atoms with Crippen molar-refractivity contribution in [2.45, 2.75) is 51.9 Å². The lowest BCUT2D eigenvalue weighted by Gasteiger charge is -2.00. The van der Waals surface area contributed by atoms with E-state index in [2.05, 4.69) is 23.5 Å². The van der Waals surface area contributed by atoms with Crippen LogP contribution in [0.25, 0.3) is 0 Å². The van der Waals surface area contributed by atoms with Gasteiger partial charge in [0.2, 0.25) is 0 Å². The van der Waals surface area contributed by atoms with Gasteiger partial charge in [-0.15, -0.1) is 23.5 Å². The fourth-order valence-corrected chi connectivity index (χ4v) is 2.98. The van der Waals surface area contributed by atoms with Gasteiger partial charge < -0.3 is 4.74 Å². The van der Waals surface area contributed by atoms with Crippen molar-refractivity contribution < 1.29 is 9.53 Å². The highest BCUT2D eigenvalue weighted by molar-refractivity contribution is 8.00. The predicted octanol–water partition coefficient (Wildman–Crippen LogP) is 4.38. The van der Waals surface area contributed by atoms with Crippen LogP contribution in [-0.4, -0.2) is 36.1 Å². The molecule has 20 heavy (non-hydrogen) atoms. The molecule has 0 N–H and O–H groups in total. The molecule has 0 saturated carbocycles. The Labute approximate surface area is 133 Å². The van der Waals surface area contributed by atoms with Gasteiger partial charge in [-0.1, -0.05) is 57.3 Å². The molecule has 0 unspecified atom stereocenters. The number of rotatable bonds is 12. The van der Waals surface area contributed by atoms with E-state index in [0.717, 1.165) is 5.75 Å². The lowest BCUT2D eigenvalue weighted by molar-refractivity contribution is -0.137. The molecule has 0 aromatic rings. The van der Waals surface area contributed by atoms with Crippen LogP contribution >= 0.6 is 23.5 Å². The monoisotopic (exact) mass is 316 g/mol. The summed E-state index contributed by atoms with van der Waals surface area (Å²) < 4.78 is 4.55. The molecule has 0 aromatic heterocycles. The van der Waals surface area contributed by atoms with Gasteiger partial charge >= 0.3 is 5.97 Å². The Bertz CT molecular complexity index is 282. The summed E-state index contributed by atoms with van der Waals surface area (Å²) in [6.45, 7) is 2.26. The maximum absolute atomic E-state index is 10.8. The van der Waals surface area contributed by atoms with E-state index in [-0.39, 0.29) is 5.97 Å². The molecule has 0 atom stereocenters. The third-order valence-corrected chi connectivity index (χ3v) is 4.53. The molecule has 0 aromatic carbocycles. The van der Waals surface area contributed by atoms with E-state index in [9.17, 15) is 4.79 Å². The summed E-state index contributed by atoms with van der Waals surface area (Å²) in [5.74, 6) is 9.28. The molecule has 0 heterocycles. The molecule has 0 radical (unpaired) electrons. The molecule has 0 aliphatic heterocycles. The lowest BCUT2D eigenvalue weighted by Crippen LogP contribution is -2.03. The van der Waals surface area contributed by atoms with Crippen LogP contribution in [-0.2, 0) is 9.53 Å². The largest absolute Gasteiger partial charge is 0.468 e. The van der Waals surface area contributed by atoms with Crippen molar-refractivity contribution in [1.82, 2.24) is 0 Å². The molecule has 0 bridgehead atoms. The molecule has 0 amide bonds. The molecule has 0 aliphatic rings. The molecule has 4 heteroatoms. The Balaban J connectivity index is 3.14. The smallest absolute Gasteiger partial charge is 0.315 e. The average molecular weight is 317 g/mol. The van der Waals surface area contributed by atoms with Gasteiger partial charge in [-0.05, 0) is 12.2 Å². The number of esters is 1. The quantitative estimate of drug-likeness (QED) is 0.303. The number of methoxy groups -OCH3 is 1. The Morgan fingerprint density at radius 1 is 0.950 bits per heavy atom. The highest BCUT2D eigenvalue weighted by Gasteiger charge is 1.97. The molecule has 0 spiro atoms. The molecular formula is C16H28O2S2. The van der Waals surface area contributed by atoms with E-state index in [1.54, 1.807) is 0 Å². The highest BCUT2D eigenvalue weighted by Crippen LogP contribution is 2.10. The molecule has 0 rings (SSSR count). The Kier molecular flexibility index (Phi) is 16.6. The van der Waals surface area contributed by atoms with Crippen LogP contribution in [0.3, 0.4) is 0 Å². The zero-order valence-corrected chi connectivity index (χ0v) is 14.5. The first-order valence-electron chi connectivity index (χ1n) is 7.49. The maximum Gasteiger partial charge on any atom is 0.315 e.